The number of nitro benzene ring substituents is 2. The van der Waals surface area contributed by atoms with Gasteiger partial charge in [-0.3, -0.25) is 29.8 Å². The average molecular weight is 564 g/mol. The van der Waals surface area contributed by atoms with Crippen molar-refractivity contribution in [2.75, 3.05) is 13.2 Å². The normalized spacial score (nSPS) is 32.8. The van der Waals surface area contributed by atoms with Crippen LogP contribution in [-0.4, -0.2) is 95.5 Å². The summed E-state index contributed by atoms with van der Waals surface area (Å²) in [4.78, 5) is 47.7. The molecule has 16 nitrogen and oxygen atoms in total. The molecular formula is C24H24N2O14. The Balaban J connectivity index is 1.71. The van der Waals surface area contributed by atoms with Crippen molar-refractivity contribution in [2.45, 2.75) is 42.2 Å². The Morgan fingerprint density at radius 1 is 0.875 bits per heavy atom. The average Bonchev–Trinajstić information content (AvgIpc) is 2.94. The number of hydrogen-bond acceptors (Lipinski definition) is 14. The highest BCUT2D eigenvalue weighted by atomic mass is 16.7. The summed E-state index contributed by atoms with van der Waals surface area (Å²) in [5.74, 6) is -5.53. The molecule has 2 fully saturated rings. The largest absolute Gasteiger partial charge is 0.479 e. The number of carbonyl (C=O) groups is 2. The molecule has 16 heteroatoms. The van der Waals surface area contributed by atoms with Crippen molar-refractivity contribution >= 4 is 22.9 Å². The quantitative estimate of drug-likeness (QED) is 0.172. The molecule has 2 aromatic carbocycles. The van der Waals surface area contributed by atoms with Crippen molar-refractivity contribution in [2.24, 2.45) is 5.92 Å². The van der Waals surface area contributed by atoms with Crippen molar-refractivity contribution < 1.29 is 59.2 Å². The zero-order valence-corrected chi connectivity index (χ0v) is 20.6. The molecule has 214 valence electrons. The van der Waals surface area contributed by atoms with Gasteiger partial charge in [-0.15, -0.1) is 0 Å². The first-order chi connectivity index (χ1) is 18.7. The summed E-state index contributed by atoms with van der Waals surface area (Å²) in [5.41, 5.74) is -11.3. The number of benzene rings is 2. The molecule has 1 aliphatic heterocycles. The summed E-state index contributed by atoms with van der Waals surface area (Å²) in [6.45, 7) is -1.36. The van der Waals surface area contributed by atoms with Crippen molar-refractivity contribution in [1.82, 2.24) is 0 Å². The van der Waals surface area contributed by atoms with E-state index < -0.39 is 98.7 Å². The van der Waals surface area contributed by atoms with Gasteiger partial charge in [-0.25, -0.2) is 0 Å². The van der Waals surface area contributed by atoms with Crippen LogP contribution in [0.1, 0.15) is 6.92 Å². The van der Waals surface area contributed by atoms with Crippen molar-refractivity contribution in [3.05, 3.63) is 68.8 Å². The molecule has 2 unspecified atom stereocenters. The lowest BCUT2D eigenvalue weighted by Gasteiger charge is -2.66. The van der Waals surface area contributed by atoms with Gasteiger partial charge in [-0.1, -0.05) is 31.2 Å². The molecule has 7 atom stereocenters. The van der Waals surface area contributed by atoms with Gasteiger partial charge < -0.3 is 39.7 Å². The number of ether oxygens (including phenoxy) is 3. The maximum Gasteiger partial charge on any atom is 0.310 e. The Kier molecular flexibility index (Phi) is 7.35. The number of fused-ring (bicyclic) bond motifs is 1. The van der Waals surface area contributed by atoms with Crippen LogP contribution in [0.3, 0.4) is 0 Å². The van der Waals surface area contributed by atoms with E-state index in [1.165, 1.54) is 24.3 Å². The first-order valence-electron chi connectivity index (χ1n) is 11.7. The lowest BCUT2D eigenvalue weighted by Crippen LogP contribution is -2.93. The first kappa shape index (κ1) is 28.9. The number of rotatable bonds is 10. The molecule has 2 aliphatic rings. The minimum absolute atomic E-state index is 0.433. The summed E-state index contributed by atoms with van der Waals surface area (Å²) < 4.78 is 15.4. The predicted molar refractivity (Wildman–Crippen MR) is 128 cm³/mol. The number of aliphatic hydroxyl groups excluding tert-OH is 2. The summed E-state index contributed by atoms with van der Waals surface area (Å²) in [6.07, 6.45) is -6.14. The van der Waals surface area contributed by atoms with E-state index in [0.717, 1.165) is 31.2 Å². The van der Waals surface area contributed by atoms with Crippen LogP contribution in [-0.2, 0) is 14.3 Å². The van der Waals surface area contributed by atoms with Crippen LogP contribution in [0, 0.1) is 26.1 Å². The lowest BCUT2D eigenvalue weighted by molar-refractivity contribution is -0.428. The number of Topliss-reactive ketones (excluding diaryl/α,β-unsaturated/α-hetero) is 2. The number of carbonyl (C=O) groups excluding carboxylic acids is 2. The smallest absolute Gasteiger partial charge is 0.310 e. The Morgan fingerprint density at radius 3 is 1.80 bits per heavy atom. The third kappa shape index (κ3) is 4.00. The highest BCUT2D eigenvalue weighted by Crippen LogP contribution is 2.56. The molecule has 1 saturated heterocycles. The summed E-state index contributed by atoms with van der Waals surface area (Å²) >= 11 is 0. The van der Waals surface area contributed by atoms with E-state index in [4.69, 9.17) is 14.2 Å². The third-order valence-corrected chi connectivity index (χ3v) is 7.38. The van der Waals surface area contributed by atoms with Crippen LogP contribution in [0.4, 0.5) is 11.4 Å². The lowest BCUT2D eigenvalue weighted by atomic mass is 9.49. The van der Waals surface area contributed by atoms with E-state index in [1.807, 2.05) is 0 Å². The standard InChI is InChI=1S/C24H24N2O14/c1-12-19(29)20-22(12,31)24(33,18(28)11-39-16-9-5-3-7-14(16)26(36)37)23(32,21(30)40-20)17(27)10-38-15-8-4-2-6-13(15)25(34)35/h2-9,12,19-21,29-33H,10-11H2,1H3/t12?,19?,20-,21-,22-,23+,24+/m1/s1. The summed E-state index contributed by atoms with van der Waals surface area (Å²) in [6, 6.07) is 9.66. The molecule has 2 aromatic rings. The van der Waals surface area contributed by atoms with Crippen molar-refractivity contribution in [3.8, 4) is 11.5 Å². The fourth-order valence-corrected chi connectivity index (χ4v) is 5.10. The van der Waals surface area contributed by atoms with Crippen molar-refractivity contribution in [1.29, 1.82) is 0 Å². The maximum absolute atomic E-state index is 13.5. The van der Waals surface area contributed by atoms with E-state index in [9.17, 15) is 55.4 Å². The second kappa shape index (κ2) is 10.2. The van der Waals surface area contributed by atoms with Gasteiger partial charge in [-0.2, -0.15) is 0 Å². The van der Waals surface area contributed by atoms with Crippen LogP contribution in [0.5, 0.6) is 11.5 Å². The summed E-state index contributed by atoms with van der Waals surface area (Å²) in [5, 5.41) is 78.1. The molecule has 4 rings (SSSR count). The van der Waals surface area contributed by atoms with Crippen LogP contribution in [0.2, 0.25) is 0 Å². The van der Waals surface area contributed by atoms with E-state index >= 15 is 0 Å². The fourth-order valence-electron chi connectivity index (χ4n) is 5.10. The Hall–Kier alpha value is -4.06. The number of nitro groups is 2. The molecule has 0 amide bonds. The molecule has 0 radical (unpaired) electrons. The second-order valence-corrected chi connectivity index (χ2v) is 9.36. The van der Waals surface area contributed by atoms with Crippen LogP contribution in [0.15, 0.2) is 48.5 Å². The molecule has 0 bridgehead atoms. The van der Waals surface area contributed by atoms with E-state index in [-0.39, 0.29) is 0 Å². The van der Waals surface area contributed by atoms with Crippen LogP contribution < -0.4 is 9.47 Å². The van der Waals surface area contributed by atoms with Gasteiger partial charge >= 0.3 is 11.4 Å². The Bertz CT molecular complexity index is 1370. The first-order valence-corrected chi connectivity index (χ1v) is 11.7. The molecule has 1 aliphatic carbocycles. The van der Waals surface area contributed by atoms with Gasteiger partial charge in [0.2, 0.25) is 17.2 Å². The minimum Gasteiger partial charge on any atom is -0.479 e. The number of para-hydroxylation sites is 4. The molecule has 5 N–H and O–H groups in total. The Labute approximate surface area is 224 Å². The highest BCUT2D eigenvalue weighted by molar-refractivity contribution is 6.02. The van der Waals surface area contributed by atoms with E-state index in [2.05, 4.69) is 0 Å². The van der Waals surface area contributed by atoms with Gasteiger partial charge in [0, 0.05) is 18.1 Å². The van der Waals surface area contributed by atoms with Crippen LogP contribution >= 0.6 is 0 Å². The number of hydrogen-bond donors (Lipinski definition) is 5. The van der Waals surface area contributed by atoms with Gasteiger partial charge in [-0.05, 0) is 12.1 Å². The van der Waals surface area contributed by atoms with Gasteiger partial charge in [0.1, 0.15) is 11.7 Å². The molecule has 0 spiro atoms. The Morgan fingerprint density at radius 2 is 1.32 bits per heavy atom. The molecule has 0 aromatic heterocycles. The zero-order chi connectivity index (χ0) is 29.6. The SMILES string of the molecule is CC1C(O)[C@H]2O[C@@H](O)[C@@](O)(C(=O)COc3ccccc3[N+](=O)[O-])[C@](O)(C(=O)COc3ccccc3[N+](=O)[O-])[C@@]12O. The highest BCUT2D eigenvalue weighted by Gasteiger charge is 2.84. The molecule has 40 heavy (non-hydrogen) atoms. The third-order valence-electron chi connectivity index (χ3n) is 7.38. The minimum atomic E-state index is -3.67. The second-order valence-electron chi connectivity index (χ2n) is 9.36. The van der Waals surface area contributed by atoms with E-state index in [1.54, 1.807) is 0 Å². The van der Waals surface area contributed by atoms with E-state index in [0.29, 0.717) is 0 Å². The maximum atomic E-state index is 13.5. The molecule has 1 heterocycles. The number of aliphatic hydroxyl groups is 5. The zero-order valence-electron chi connectivity index (χ0n) is 20.6. The molecule has 1 saturated carbocycles. The monoisotopic (exact) mass is 564 g/mol. The van der Waals surface area contributed by atoms with Gasteiger partial charge in [0.15, 0.2) is 36.6 Å². The number of nitrogens with zero attached hydrogens (tertiary/aromatic N) is 2. The topological polar surface area (TPSA) is 249 Å². The van der Waals surface area contributed by atoms with Gasteiger partial charge in [0.05, 0.1) is 16.0 Å². The fraction of sp³-hybridized carbons (Fsp3) is 0.417. The van der Waals surface area contributed by atoms with Gasteiger partial charge in [0.25, 0.3) is 0 Å². The molecular weight excluding hydrogens is 540 g/mol. The predicted octanol–water partition coefficient (Wildman–Crippen LogP) is -0.980. The number of ketones is 2. The van der Waals surface area contributed by atoms with Crippen molar-refractivity contribution in [3.63, 3.8) is 0 Å². The van der Waals surface area contributed by atoms with Crippen LogP contribution in [0.25, 0.3) is 0 Å². The summed E-state index contributed by atoms with van der Waals surface area (Å²) in [7, 11) is 0.